The van der Waals surface area contributed by atoms with Crippen molar-refractivity contribution >= 4 is 11.6 Å². The molecule has 0 spiro atoms. The Hall–Kier alpha value is -3.06. The maximum absolute atomic E-state index is 12.8. The highest BCUT2D eigenvalue weighted by Gasteiger charge is 2.36. The minimum atomic E-state index is -0.488. The van der Waals surface area contributed by atoms with E-state index in [1.807, 2.05) is 12.1 Å². The smallest absolute Gasteiger partial charge is 0.270 e. The van der Waals surface area contributed by atoms with Crippen molar-refractivity contribution in [2.75, 3.05) is 0 Å². The number of fused-ring (bicyclic) bond motifs is 1. The standard InChI is InChI=1S/C19H18N4O3/c24-13-9-12(10-13)17(15-5-1-3-7-20-15)22-18(25)14-11-21-16-6-2-4-8-23(16)19(14)26/h1-8,11-13,17,24H,9-10H2,(H,22,25). The van der Waals surface area contributed by atoms with Gasteiger partial charge in [-0.1, -0.05) is 12.1 Å². The first kappa shape index (κ1) is 16.4. The van der Waals surface area contributed by atoms with Crippen molar-refractivity contribution in [2.24, 2.45) is 5.92 Å². The fourth-order valence-electron chi connectivity index (χ4n) is 3.30. The molecule has 1 fully saturated rings. The Kier molecular flexibility index (Phi) is 4.22. The van der Waals surface area contributed by atoms with Gasteiger partial charge in [0.15, 0.2) is 0 Å². The second-order valence-electron chi connectivity index (χ2n) is 6.50. The Morgan fingerprint density at radius 1 is 1.19 bits per heavy atom. The topological polar surface area (TPSA) is 96.6 Å². The number of nitrogens with one attached hydrogen (secondary N) is 1. The quantitative estimate of drug-likeness (QED) is 0.740. The van der Waals surface area contributed by atoms with Crippen LogP contribution >= 0.6 is 0 Å². The molecule has 1 aliphatic rings. The number of hydrogen-bond donors (Lipinski definition) is 2. The van der Waals surface area contributed by atoms with Gasteiger partial charge in [0.1, 0.15) is 11.2 Å². The van der Waals surface area contributed by atoms with Gasteiger partial charge < -0.3 is 10.4 Å². The molecular formula is C19H18N4O3. The van der Waals surface area contributed by atoms with E-state index in [4.69, 9.17) is 0 Å². The van der Waals surface area contributed by atoms with Crippen molar-refractivity contribution in [1.29, 1.82) is 0 Å². The Bertz CT molecular complexity index is 996. The molecule has 3 heterocycles. The second kappa shape index (κ2) is 6.68. The van der Waals surface area contributed by atoms with Gasteiger partial charge >= 0.3 is 0 Å². The van der Waals surface area contributed by atoms with Crippen LogP contribution in [-0.4, -0.2) is 31.5 Å². The molecule has 132 valence electrons. The lowest BCUT2D eigenvalue weighted by Gasteiger charge is -2.37. The van der Waals surface area contributed by atoms with Crippen LogP contribution in [0.15, 0.2) is 59.8 Å². The molecule has 1 saturated carbocycles. The fourth-order valence-corrected chi connectivity index (χ4v) is 3.30. The molecule has 3 aromatic rings. The van der Waals surface area contributed by atoms with E-state index in [-0.39, 0.29) is 23.6 Å². The lowest BCUT2D eigenvalue weighted by Crippen LogP contribution is -2.43. The van der Waals surface area contributed by atoms with Crippen molar-refractivity contribution in [3.05, 3.63) is 76.6 Å². The number of amides is 1. The lowest BCUT2D eigenvalue weighted by molar-refractivity contribution is 0.0228. The van der Waals surface area contributed by atoms with Crippen molar-refractivity contribution in [3.63, 3.8) is 0 Å². The number of aliphatic hydroxyl groups excluding tert-OH is 1. The predicted molar refractivity (Wildman–Crippen MR) is 94.6 cm³/mol. The molecule has 1 amide bonds. The summed E-state index contributed by atoms with van der Waals surface area (Å²) < 4.78 is 1.35. The molecule has 26 heavy (non-hydrogen) atoms. The number of carbonyl (C=O) groups is 1. The van der Waals surface area contributed by atoms with Gasteiger partial charge in [-0.25, -0.2) is 4.98 Å². The molecule has 4 rings (SSSR count). The summed E-state index contributed by atoms with van der Waals surface area (Å²) in [5, 5.41) is 12.5. The van der Waals surface area contributed by atoms with Crippen LogP contribution in [0.25, 0.3) is 5.65 Å². The van der Waals surface area contributed by atoms with Crippen molar-refractivity contribution in [2.45, 2.75) is 25.0 Å². The largest absolute Gasteiger partial charge is 0.393 e. The number of nitrogens with zero attached hydrogens (tertiary/aromatic N) is 3. The summed E-state index contributed by atoms with van der Waals surface area (Å²) in [7, 11) is 0. The van der Waals surface area contributed by atoms with Crippen LogP contribution in [0.5, 0.6) is 0 Å². The van der Waals surface area contributed by atoms with Crippen LogP contribution in [0.2, 0.25) is 0 Å². The maximum atomic E-state index is 12.8. The number of aromatic nitrogens is 3. The van der Waals surface area contributed by atoms with Crippen LogP contribution in [-0.2, 0) is 0 Å². The van der Waals surface area contributed by atoms with Gasteiger partial charge in [0.05, 0.1) is 17.8 Å². The predicted octanol–water partition coefficient (Wildman–Crippen LogP) is 1.33. The van der Waals surface area contributed by atoms with Gasteiger partial charge in [-0.05, 0) is 43.0 Å². The first-order valence-corrected chi connectivity index (χ1v) is 8.50. The van der Waals surface area contributed by atoms with Crippen LogP contribution in [0.4, 0.5) is 0 Å². The summed E-state index contributed by atoms with van der Waals surface area (Å²) in [6.07, 6.45) is 5.39. The maximum Gasteiger partial charge on any atom is 0.270 e. The highest BCUT2D eigenvalue weighted by molar-refractivity contribution is 5.94. The van der Waals surface area contributed by atoms with E-state index in [1.165, 1.54) is 10.6 Å². The number of pyridine rings is 2. The third kappa shape index (κ3) is 2.97. The van der Waals surface area contributed by atoms with E-state index < -0.39 is 11.5 Å². The summed E-state index contributed by atoms with van der Waals surface area (Å²) >= 11 is 0. The summed E-state index contributed by atoms with van der Waals surface area (Å²) in [5.41, 5.74) is 0.764. The third-order valence-corrected chi connectivity index (χ3v) is 4.77. The lowest BCUT2D eigenvalue weighted by atomic mass is 9.76. The second-order valence-corrected chi connectivity index (χ2v) is 6.50. The molecule has 0 aromatic carbocycles. The third-order valence-electron chi connectivity index (χ3n) is 4.77. The summed E-state index contributed by atoms with van der Waals surface area (Å²) in [5.74, 6) is -0.405. The van der Waals surface area contributed by atoms with Crippen LogP contribution < -0.4 is 10.9 Å². The summed E-state index contributed by atoms with van der Waals surface area (Å²) in [6, 6.07) is 10.3. The monoisotopic (exact) mass is 350 g/mol. The van der Waals surface area contributed by atoms with E-state index in [2.05, 4.69) is 15.3 Å². The van der Waals surface area contributed by atoms with Gasteiger partial charge in [0.25, 0.3) is 11.5 Å². The highest BCUT2D eigenvalue weighted by atomic mass is 16.3. The van der Waals surface area contributed by atoms with Crippen molar-refractivity contribution < 1.29 is 9.90 Å². The first-order chi connectivity index (χ1) is 12.6. The average Bonchev–Trinajstić information content (AvgIpc) is 2.65. The molecule has 1 aliphatic carbocycles. The van der Waals surface area contributed by atoms with E-state index in [9.17, 15) is 14.7 Å². The van der Waals surface area contributed by atoms with E-state index in [0.29, 0.717) is 24.2 Å². The molecule has 1 unspecified atom stereocenters. The Morgan fingerprint density at radius 2 is 2.00 bits per heavy atom. The zero-order valence-corrected chi connectivity index (χ0v) is 13.9. The first-order valence-electron chi connectivity index (χ1n) is 8.50. The minimum absolute atomic E-state index is 0.0190. The molecule has 1 atom stereocenters. The van der Waals surface area contributed by atoms with Crippen molar-refractivity contribution in [1.82, 2.24) is 19.7 Å². The molecule has 0 radical (unpaired) electrons. The van der Waals surface area contributed by atoms with Crippen LogP contribution in [0.3, 0.4) is 0 Å². The van der Waals surface area contributed by atoms with Gasteiger partial charge in [0.2, 0.25) is 0 Å². The Labute approximate surface area is 149 Å². The molecule has 0 aliphatic heterocycles. The van der Waals surface area contributed by atoms with Crippen LogP contribution in [0.1, 0.15) is 34.9 Å². The minimum Gasteiger partial charge on any atom is -0.393 e. The van der Waals surface area contributed by atoms with Crippen molar-refractivity contribution in [3.8, 4) is 0 Å². The molecule has 3 aromatic heterocycles. The Balaban J connectivity index is 1.65. The number of rotatable bonds is 4. The van der Waals surface area contributed by atoms with Crippen LogP contribution in [0, 0.1) is 5.92 Å². The van der Waals surface area contributed by atoms with Gasteiger partial charge in [-0.15, -0.1) is 0 Å². The molecule has 0 saturated heterocycles. The number of hydrogen-bond acceptors (Lipinski definition) is 5. The summed E-state index contributed by atoms with van der Waals surface area (Å²) in [6.45, 7) is 0. The number of aliphatic hydroxyl groups is 1. The summed E-state index contributed by atoms with van der Waals surface area (Å²) in [4.78, 5) is 33.9. The SMILES string of the molecule is O=C(NC(c1ccccn1)C1CC(O)C1)c1cnc2ccccn2c1=O. The fraction of sp³-hybridized carbons (Fsp3) is 0.263. The number of carbonyl (C=O) groups excluding carboxylic acids is 1. The van der Waals surface area contributed by atoms with E-state index in [1.54, 1.807) is 36.7 Å². The van der Waals surface area contributed by atoms with E-state index in [0.717, 1.165) is 0 Å². The zero-order chi connectivity index (χ0) is 18.1. The van der Waals surface area contributed by atoms with Gasteiger partial charge in [-0.3, -0.25) is 19.0 Å². The molecule has 7 nitrogen and oxygen atoms in total. The molecule has 7 heteroatoms. The average molecular weight is 350 g/mol. The van der Waals surface area contributed by atoms with Gasteiger partial charge in [0, 0.05) is 18.6 Å². The highest BCUT2D eigenvalue weighted by Crippen LogP contribution is 2.37. The molecule has 0 bridgehead atoms. The molecular weight excluding hydrogens is 332 g/mol. The normalized spacial score (nSPS) is 20.3. The Morgan fingerprint density at radius 3 is 2.73 bits per heavy atom. The molecule has 2 N–H and O–H groups in total. The van der Waals surface area contributed by atoms with E-state index >= 15 is 0 Å². The zero-order valence-electron chi connectivity index (χ0n) is 13.9. The van der Waals surface area contributed by atoms with Gasteiger partial charge in [-0.2, -0.15) is 0 Å².